The summed E-state index contributed by atoms with van der Waals surface area (Å²) in [5.74, 6) is 8.02. The van der Waals surface area contributed by atoms with Crippen molar-refractivity contribution in [2.24, 2.45) is 5.73 Å². The van der Waals surface area contributed by atoms with E-state index in [1.165, 1.54) is 16.7 Å². The SMILES string of the molecule is Cc1ccccc1CSCc1cccc(C#CCN)c1. The summed E-state index contributed by atoms with van der Waals surface area (Å²) in [7, 11) is 0. The average molecular weight is 281 g/mol. The molecule has 0 aliphatic carbocycles. The molecule has 0 amide bonds. The van der Waals surface area contributed by atoms with Gasteiger partial charge in [-0.2, -0.15) is 11.8 Å². The van der Waals surface area contributed by atoms with Crippen molar-refractivity contribution in [2.45, 2.75) is 18.4 Å². The Balaban J connectivity index is 1.93. The Bertz CT molecular complexity index is 623. The molecule has 2 aromatic carbocycles. The zero-order valence-corrected chi connectivity index (χ0v) is 12.5. The van der Waals surface area contributed by atoms with Crippen molar-refractivity contribution >= 4 is 11.8 Å². The Morgan fingerprint density at radius 3 is 2.70 bits per heavy atom. The van der Waals surface area contributed by atoms with Gasteiger partial charge in [0, 0.05) is 17.1 Å². The number of benzene rings is 2. The van der Waals surface area contributed by atoms with Gasteiger partial charge in [0.2, 0.25) is 0 Å². The fourth-order valence-electron chi connectivity index (χ4n) is 1.94. The van der Waals surface area contributed by atoms with Crippen LogP contribution in [-0.4, -0.2) is 6.54 Å². The van der Waals surface area contributed by atoms with Crippen LogP contribution in [-0.2, 0) is 11.5 Å². The molecule has 1 nitrogen and oxygen atoms in total. The third-order valence-electron chi connectivity index (χ3n) is 3.05. The normalized spacial score (nSPS) is 9.90. The topological polar surface area (TPSA) is 26.0 Å². The van der Waals surface area contributed by atoms with E-state index in [0.717, 1.165) is 17.1 Å². The molecule has 102 valence electrons. The molecule has 0 radical (unpaired) electrons. The molecule has 0 spiro atoms. The smallest absolute Gasteiger partial charge is 0.0555 e. The molecular weight excluding hydrogens is 262 g/mol. The molecule has 0 saturated carbocycles. The monoisotopic (exact) mass is 281 g/mol. The van der Waals surface area contributed by atoms with Crippen molar-refractivity contribution in [3.05, 3.63) is 70.8 Å². The van der Waals surface area contributed by atoms with Crippen molar-refractivity contribution in [1.82, 2.24) is 0 Å². The molecule has 20 heavy (non-hydrogen) atoms. The predicted octanol–water partition coefficient (Wildman–Crippen LogP) is 3.74. The average Bonchev–Trinajstić information content (AvgIpc) is 2.48. The second-order valence-electron chi connectivity index (χ2n) is 4.63. The maximum atomic E-state index is 5.40. The van der Waals surface area contributed by atoms with Crippen LogP contribution in [0, 0.1) is 18.8 Å². The first-order valence-electron chi connectivity index (χ1n) is 6.69. The minimum absolute atomic E-state index is 0.409. The standard InChI is InChI=1S/C18H19NS/c1-15-6-2-3-10-18(15)14-20-13-17-8-4-7-16(12-17)9-5-11-19/h2-4,6-8,10,12H,11,13-14,19H2,1H3. The Labute approximate surface area is 125 Å². The van der Waals surface area contributed by atoms with Crippen molar-refractivity contribution in [3.63, 3.8) is 0 Å². The highest BCUT2D eigenvalue weighted by molar-refractivity contribution is 7.97. The Hall–Kier alpha value is -1.69. The first kappa shape index (κ1) is 14.7. The van der Waals surface area contributed by atoms with E-state index in [0.29, 0.717) is 6.54 Å². The lowest BCUT2D eigenvalue weighted by Crippen LogP contribution is -1.93. The Kier molecular flexibility index (Phi) is 5.73. The summed E-state index contributed by atoms with van der Waals surface area (Å²) in [5.41, 5.74) is 10.5. The van der Waals surface area contributed by atoms with Gasteiger partial charge in [-0.25, -0.2) is 0 Å². The third kappa shape index (κ3) is 4.45. The van der Waals surface area contributed by atoms with E-state index in [1.54, 1.807) is 0 Å². The van der Waals surface area contributed by atoms with E-state index in [4.69, 9.17) is 5.73 Å². The molecule has 0 aromatic heterocycles. The highest BCUT2D eigenvalue weighted by Gasteiger charge is 1.99. The number of nitrogens with two attached hydrogens (primary N) is 1. The molecule has 2 aromatic rings. The quantitative estimate of drug-likeness (QED) is 0.864. The maximum Gasteiger partial charge on any atom is 0.0555 e. The molecule has 0 fully saturated rings. The highest BCUT2D eigenvalue weighted by Crippen LogP contribution is 2.20. The minimum atomic E-state index is 0.409. The third-order valence-corrected chi connectivity index (χ3v) is 4.10. The summed E-state index contributed by atoms with van der Waals surface area (Å²) in [4.78, 5) is 0. The maximum absolute atomic E-state index is 5.40. The molecule has 0 unspecified atom stereocenters. The molecule has 2 rings (SSSR count). The van der Waals surface area contributed by atoms with Crippen LogP contribution in [0.25, 0.3) is 0 Å². The summed E-state index contributed by atoms with van der Waals surface area (Å²) >= 11 is 1.93. The van der Waals surface area contributed by atoms with E-state index in [1.807, 2.05) is 17.8 Å². The van der Waals surface area contributed by atoms with E-state index in [-0.39, 0.29) is 0 Å². The molecule has 0 saturated heterocycles. The van der Waals surface area contributed by atoms with E-state index < -0.39 is 0 Å². The van der Waals surface area contributed by atoms with Gasteiger partial charge in [0.1, 0.15) is 0 Å². The molecular formula is C18H19NS. The highest BCUT2D eigenvalue weighted by atomic mass is 32.2. The summed E-state index contributed by atoms with van der Waals surface area (Å²) in [6, 6.07) is 16.9. The van der Waals surface area contributed by atoms with Crippen molar-refractivity contribution in [1.29, 1.82) is 0 Å². The molecule has 0 bridgehead atoms. The lowest BCUT2D eigenvalue weighted by molar-refractivity contribution is 1.29. The molecule has 2 heteroatoms. The van der Waals surface area contributed by atoms with Crippen LogP contribution in [0.3, 0.4) is 0 Å². The van der Waals surface area contributed by atoms with Gasteiger partial charge in [0.15, 0.2) is 0 Å². The van der Waals surface area contributed by atoms with Crippen molar-refractivity contribution in [3.8, 4) is 11.8 Å². The summed E-state index contributed by atoms with van der Waals surface area (Å²) in [6.07, 6.45) is 0. The first-order valence-corrected chi connectivity index (χ1v) is 7.85. The van der Waals surface area contributed by atoms with Crippen LogP contribution in [0.2, 0.25) is 0 Å². The predicted molar refractivity (Wildman–Crippen MR) is 88.6 cm³/mol. The first-order chi connectivity index (χ1) is 9.79. The number of hydrogen-bond acceptors (Lipinski definition) is 2. The van der Waals surface area contributed by atoms with Gasteiger partial charge in [-0.1, -0.05) is 48.2 Å². The van der Waals surface area contributed by atoms with Crippen molar-refractivity contribution < 1.29 is 0 Å². The number of hydrogen-bond donors (Lipinski definition) is 1. The van der Waals surface area contributed by atoms with Crippen molar-refractivity contribution in [2.75, 3.05) is 6.54 Å². The van der Waals surface area contributed by atoms with E-state index >= 15 is 0 Å². The molecule has 2 N–H and O–H groups in total. The fourth-order valence-corrected chi connectivity index (χ4v) is 3.00. The number of thioether (sulfide) groups is 1. The summed E-state index contributed by atoms with van der Waals surface area (Å²) in [5, 5.41) is 0. The van der Waals surface area contributed by atoms with Gasteiger partial charge in [-0.05, 0) is 35.7 Å². The minimum Gasteiger partial charge on any atom is -0.320 e. The lowest BCUT2D eigenvalue weighted by atomic mass is 10.1. The van der Waals surface area contributed by atoms with Gasteiger partial charge in [-0.3, -0.25) is 0 Å². The fraction of sp³-hybridized carbons (Fsp3) is 0.222. The van der Waals surface area contributed by atoms with Crippen LogP contribution in [0.15, 0.2) is 48.5 Å². The van der Waals surface area contributed by atoms with Gasteiger partial charge in [-0.15, -0.1) is 0 Å². The summed E-state index contributed by atoms with van der Waals surface area (Å²) in [6.45, 7) is 2.57. The Morgan fingerprint density at radius 2 is 1.90 bits per heavy atom. The zero-order chi connectivity index (χ0) is 14.2. The van der Waals surface area contributed by atoms with Crippen LogP contribution in [0.1, 0.15) is 22.3 Å². The zero-order valence-electron chi connectivity index (χ0n) is 11.7. The molecule has 0 atom stereocenters. The van der Waals surface area contributed by atoms with Gasteiger partial charge < -0.3 is 5.73 Å². The van der Waals surface area contributed by atoms with Crippen LogP contribution in [0.5, 0.6) is 0 Å². The van der Waals surface area contributed by atoms with E-state index in [9.17, 15) is 0 Å². The van der Waals surface area contributed by atoms with Crippen LogP contribution < -0.4 is 5.73 Å². The molecule has 0 heterocycles. The summed E-state index contributed by atoms with van der Waals surface area (Å²) < 4.78 is 0. The van der Waals surface area contributed by atoms with E-state index in [2.05, 4.69) is 61.2 Å². The second kappa shape index (κ2) is 7.79. The van der Waals surface area contributed by atoms with Gasteiger partial charge in [0.25, 0.3) is 0 Å². The lowest BCUT2D eigenvalue weighted by Gasteiger charge is -2.06. The van der Waals surface area contributed by atoms with Gasteiger partial charge in [0.05, 0.1) is 6.54 Å². The number of aryl methyl sites for hydroxylation is 1. The Morgan fingerprint density at radius 1 is 1.05 bits per heavy atom. The molecule has 0 aliphatic heterocycles. The van der Waals surface area contributed by atoms with Crippen LogP contribution in [0.4, 0.5) is 0 Å². The van der Waals surface area contributed by atoms with Crippen LogP contribution >= 0.6 is 11.8 Å². The molecule has 0 aliphatic rings. The largest absolute Gasteiger partial charge is 0.320 e. The second-order valence-corrected chi connectivity index (χ2v) is 5.61. The van der Waals surface area contributed by atoms with Gasteiger partial charge >= 0.3 is 0 Å². The number of rotatable bonds is 4.